The van der Waals surface area contributed by atoms with Gasteiger partial charge in [0.2, 0.25) is 11.8 Å². The Kier molecular flexibility index (Phi) is 5.27. The molecule has 0 aromatic heterocycles. The number of hydrogen-bond acceptors (Lipinski definition) is 4. The van der Waals surface area contributed by atoms with Crippen molar-refractivity contribution >= 4 is 35.1 Å². The molecular weight excluding hydrogens is 344 g/mol. The molecule has 0 spiro atoms. The number of methoxy groups -OCH3 is 1. The minimum Gasteiger partial charge on any atom is -0.465 e. The summed E-state index contributed by atoms with van der Waals surface area (Å²) in [4.78, 5) is 36.1. The lowest BCUT2D eigenvalue weighted by Crippen LogP contribution is -2.34. The van der Waals surface area contributed by atoms with E-state index in [1.165, 1.54) is 25.3 Å². The van der Waals surface area contributed by atoms with Gasteiger partial charge in [0.15, 0.2) is 0 Å². The van der Waals surface area contributed by atoms with Crippen molar-refractivity contribution in [3.63, 3.8) is 0 Å². The maximum atomic E-state index is 12.4. The molecule has 0 bridgehead atoms. The fraction of sp³-hybridized carbons (Fsp3) is 0.500. The highest BCUT2D eigenvalue weighted by Crippen LogP contribution is 2.40. The lowest BCUT2D eigenvalue weighted by Gasteiger charge is -2.12. The van der Waals surface area contributed by atoms with Crippen molar-refractivity contribution in [2.75, 3.05) is 12.4 Å². The largest absolute Gasteiger partial charge is 0.465 e. The quantitative estimate of drug-likeness (QED) is 0.787. The standard InChI is InChI=1S/C18H21ClN2O4/c1-25-18(24)10-6-7-14(19)15(8-10)21-17(23)13-9-12(13)16(22)20-11-4-2-3-5-11/h6-8,11-13H,2-5,9H2,1H3,(H,20,22)(H,21,23). The van der Waals surface area contributed by atoms with E-state index in [2.05, 4.69) is 15.4 Å². The summed E-state index contributed by atoms with van der Waals surface area (Å²) >= 11 is 6.08. The number of anilines is 1. The second-order valence-corrected chi connectivity index (χ2v) is 7.02. The average Bonchev–Trinajstić information content (AvgIpc) is 3.26. The normalized spacial score (nSPS) is 22.3. The van der Waals surface area contributed by atoms with Crippen molar-refractivity contribution in [2.45, 2.75) is 38.1 Å². The van der Waals surface area contributed by atoms with E-state index in [0.717, 1.165) is 25.7 Å². The molecule has 2 aliphatic rings. The maximum Gasteiger partial charge on any atom is 0.337 e. The van der Waals surface area contributed by atoms with Gasteiger partial charge in [-0.25, -0.2) is 4.79 Å². The van der Waals surface area contributed by atoms with Crippen LogP contribution >= 0.6 is 11.6 Å². The Labute approximate surface area is 151 Å². The van der Waals surface area contributed by atoms with Crippen molar-refractivity contribution in [3.05, 3.63) is 28.8 Å². The van der Waals surface area contributed by atoms with E-state index < -0.39 is 5.97 Å². The zero-order chi connectivity index (χ0) is 18.0. The van der Waals surface area contributed by atoms with E-state index in [4.69, 9.17) is 11.6 Å². The summed E-state index contributed by atoms with van der Waals surface area (Å²) in [6, 6.07) is 4.78. The van der Waals surface area contributed by atoms with Gasteiger partial charge >= 0.3 is 5.97 Å². The third-order valence-electron chi connectivity index (χ3n) is 4.81. The number of nitrogens with one attached hydrogen (secondary N) is 2. The van der Waals surface area contributed by atoms with Gasteiger partial charge in [-0.2, -0.15) is 0 Å². The number of ether oxygens (including phenoxy) is 1. The van der Waals surface area contributed by atoms with E-state index in [1.54, 1.807) is 0 Å². The number of carbonyl (C=O) groups is 3. The van der Waals surface area contributed by atoms with Crippen LogP contribution in [0.3, 0.4) is 0 Å². The van der Waals surface area contributed by atoms with Gasteiger partial charge in [0.1, 0.15) is 0 Å². The summed E-state index contributed by atoms with van der Waals surface area (Å²) in [5.74, 6) is -1.42. The molecule has 2 atom stereocenters. The van der Waals surface area contributed by atoms with Crippen LogP contribution in [0.4, 0.5) is 5.69 Å². The Morgan fingerprint density at radius 3 is 2.48 bits per heavy atom. The summed E-state index contributed by atoms with van der Waals surface area (Å²) in [5.41, 5.74) is 0.643. The SMILES string of the molecule is COC(=O)c1ccc(Cl)c(NC(=O)C2CC2C(=O)NC2CCCC2)c1. The monoisotopic (exact) mass is 364 g/mol. The fourth-order valence-electron chi connectivity index (χ4n) is 3.24. The van der Waals surface area contributed by atoms with Crippen LogP contribution in [0.5, 0.6) is 0 Å². The third-order valence-corrected chi connectivity index (χ3v) is 5.14. The first-order chi connectivity index (χ1) is 12.0. The molecule has 0 radical (unpaired) electrons. The summed E-state index contributed by atoms with van der Waals surface area (Å²) in [7, 11) is 1.28. The number of carbonyl (C=O) groups excluding carboxylic acids is 3. The predicted octanol–water partition coefficient (Wildman–Crippen LogP) is 2.76. The second kappa shape index (κ2) is 7.44. The molecule has 6 nitrogen and oxygen atoms in total. The Morgan fingerprint density at radius 1 is 1.12 bits per heavy atom. The Hall–Kier alpha value is -2.08. The maximum absolute atomic E-state index is 12.4. The first-order valence-electron chi connectivity index (χ1n) is 8.48. The molecule has 2 fully saturated rings. The van der Waals surface area contributed by atoms with Gasteiger partial charge in [-0.15, -0.1) is 0 Å². The lowest BCUT2D eigenvalue weighted by molar-refractivity contribution is -0.125. The third kappa shape index (κ3) is 4.12. The van der Waals surface area contributed by atoms with Crippen LogP contribution in [0, 0.1) is 11.8 Å². The van der Waals surface area contributed by atoms with Gasteiger partial charge in [-0.3, -0.25) is 9.59 Å². The molecule has 2 unspecified atom stereocenters. The topological polar surface area (TPSA) is 84.5 Å². The number of hydrogen-bond donors (Lipinski definition) is 2. The van der Waals surface area contributed by atoms with Crippen LogP contribution in [0.1, 0.15) is 42.5 Å². The summed E-state index contributed by atoms with van der Waals surface area (Å²) in [5, 5.41) is 6.07. The number of benzene rings is 1. The molecule has 2 amide bonds. The highest BCUT2D eigenvalue weighted by atomic mass is 35.5. The average molecular weight is 365 g/mol. The Balaban J connectivity index is 1.58. The first-order valence-corrected chi connectivity index (χ1v) is 8.86. The van der Waals surface area contributed by atoms with Crippen LogP contribution in [0.2, 0.25) is 5.02 Å². The van der Waals surface area contributed by atoms with Crippen molar-refractivity contribution < 1.29 is 19.1 Å². The summed E-state index contributed by atoms with van der Waals surface area (Å²) in [6.45, 7) is 0. The van der Waals surface area contributed by atoms with Crippen LogP contribution in [0.25, 0.3) is 0 Å². The molecule has 7 heteroatoms. The molecule has 0 aliphatic heterocycles. The summed E-state index contributed by atoms with van der Waals surface area (Å²) < 4.78 is 4.66. The predicted molar refractivity (Wildman–Crippen MR) is 93.4 cm³/mol. The Morgan fingerprint density at radius 2 is 1.80 bits per heavy atom. The smallest absolute Gasteiger partial charge is 0.337 e. The van der Waals surface area contributed by atoms with Gasteiger partial charge in [0.25, 0.3) is 0 Å². The molecule has 1 aromatic rings. The number of amides is 2. The fourth-order valence-corrected chi connectivity index (χ4v) is 3.41. The molecule has 3 rings (SSSR count). The molecule has 1 aromatic carbocycles. The van der Waals surface area contributed by atoms with Crippen molar-refractivity contribution in [1.82, 2.24) is 5.32 Å². The van der Waals surface area contributed by atoms with E-state index in [1.807, 2.05) is 0 Å². The van der Waals surface area contributed by atoms with Crippen LogP contribution in [0.15, 0.2) is 18.2 Å². The molecule has 0 heterocycles. The molecule has 25 heavy (non-hydrogen) atoms. The van der Waals surface area contributed by atoms with E-state index in [0.29, 0.717) is 22.7 Å². The van der Waals surface area contributed by atoms with Gasteiger partial charge in [-0.05, 0) is 37.5 Å². The highest BCUT2D eigenvalue weighted by molar-refractivity contribution is 6.34. The van der Waals surface area contributed by atoms with Crippen LogP contribution in [-0.4, -0.2) is 30.9 Å². The molecular formula is C18H21ClN2O4. The number of rotatable bonds is 5. The number of esters is 1. The van der Waals surface area contributed by atoms with Gasteiger partial charge in [0, 0.05) is 6.04 Å². The number of halogens is 1. The molecule has 0 saturated heterocycles. The Bertz CT molecular complexity index is 700. The molecule has 2 saturated carbocycles. The lowest BCUT2D eigenvalue weighted by atomic mass is 10.2. The minimum absolute atomic E-state index is 0.0403. The molecule has 2 N–H and O–H groups in total. The van der Waals surface area contributed by atoms with Gasteiger partial charge in [-0.1, -0.05) is 24.4 Å². The van der Waals surface area contributed by atoms with Gasteiger partial charge in [0.05, 0.1) is 35.2 Å². The zero-order valence-corrected chi connectivity index (χ0v) is 14.8. The second-order valence-electron chi connectivity index (χ2n) is 6.61. The molecule has 2 aliphatic carbocycles. The van der Waals surface area contributed by atoms with Crippen molar-refractivity contribution in [2.24, 2.45) is 11.8 Å². The van der Waals surface area contributed by atoms with E-state index in [-0.39, 0.29) is 29.7 Å². The zero-order valence-electron chi connectivity index (χ0n) is 14.0. The first kappa shape index (κ1) is 17.7. The van der Waals surface area contributed by atoms with Crippen molar-refractivity contribution in [3.8, 4) is 0 Å². The van der Waals surface area contributed by atoms with Crippen LogP contribution in [-0.2, 0) is 14.3 Å². The van der Waals surface area contributed by atoms with Crippen LogP contribution < -0.4 is 10.6 Å². The van der Waals surface area contributed by atoms with E-state index in [9.17, 15) is 14.4 Å². The highest BCUT2D eigenvalue weighted by Gasteiger charge is 2.48. The minimum atomic E-state index is -0.507. The van der Waals surface area contributed by atoms with Crippen molar-refractivity contribution in [1.29, 1.82) is 0 Å². The summed E-state index contributed by atoms with van der Waals surface area (Å²) in [6.07, 6.45) is 4.87. The van der Waals surface area contributed by atoms with Gasteiger partial charge < -0.3 is 15.4 Å². The molecule has 134 valence electrons. The van der Waals surface area contributed by atoms with E-state index >= 15 is 0 Å².